The molecule has 1 N–H and O–H groups in total. The van der Waals surface area contributed by atoms with Crippen molar-refractivity contribution in [3.8, 4) is 5.75 Å². The first-order valence-electron chi connectivity index (χ1n) is 2.13. The van der Waals surface area contributed by atoms with Crippen molar-refractivity contribution in [1.29, 1.82) is 0 Å². The van der Waals surface area contributed by atoms with Crippen LogP contribution in [0.15, 0.2) is 15.6 Å². The van der Waals surface area contributed by atoms with Crippen LogP contribution in [0.25, 0.3) is 0 Å². The molecule has 0 amide bonds. The average molecular weight is 99.1 g/mol. The molecular weight excluding hydrogens is 96.0 g/mol. The van der Waals surface area contributed by atoms with Crippen LogP contribution in [0, 0.1) is 0 Å². The second kappa shape index (κ2) is 0.932. The smallest absolute Gasteiger partial charge is 0.267 e. The summed E-state index contributed by atoms with van der Waals surface area (Å²) in [6, 6.07) is -0.574. The molecule has 0 saturated heterocycles. The SMILES string of the molecule is [2H]c1c(O)c(=O)c1=O. The van der Waals surface area contributed by atoms with E-state index in [4.69, 9.17) is 6.48 Å². The van der Waals surface area contributed by atoms with Crippen molar-refractivity contribution < 1.29 is 6.48 Å². The molecule has 0 radical (unpaired) electrons. The molecule has 7 heavy (non-hydrogen) atoms. The van der Waals surface area contributed by atoms with Gasteiger partial charge in [0, 0.05) is 6.04 Å². The van der Waals surface area contributed by atoms with Gasteiger partial charge in [-0.05, 0) is 0 Å². The minimum Gasteiger partial charge on any atom is -0.504 e. The molecule has 0 fully saturated rings. The van der Waals surface area contributed by atoms with Gasteiger partial charge in [0.25, 0.3) is 5.43 Å². The van der Waals surface area contributed by atoms with Gasteiger partial charge in [0.2, 0.25) is 5.43 Å². The minimum absolute atomic E-state index is 0.574. The van der Waals surface area contributed by atoms with Gasteiger partial charge in [0.15, 0.2) is 5.75 Å². The van der Waals surface area contributed by atoms with Crippen LogP contribution in [0.5, 0.6) is 5.75 Å². The molecule has 1 rings (SSSR count). The first-order valence-corrected chi connectivity index (χ1v) is 1.63. The van der Waals surface area contributed by atoms with Crippen molar-refractivity contribution in [2.75, 3.05) is 0 Å². The zero-order chi connectivity index (χ0) is 6.31. The molecule has 0 aliphatic heterocycles. The minimum atomic E-state index is -0.949. The quantitative estimate of drug-likeness (QED) is 0.424. The summed E-state index contributed by atoms with van der Waals surface area (Å²) < 4.78 is 6.51. The Kier molecular flexibility index (Phi) is 0.394. The van der Waals surface area contributed by atoms with E-state index in [1.165, 1.54) is 0 Å². The predicted octanol–water partition coefficient (Wildman–Crippen LogP) is -1.01. The van der Waals surface area contributed by atoms with Crippen LogP contribution >= 0.6 is 0 Å². The predicted molar refractivity (Wildman–Crippen MR) is 23.0 cm³/mol. The standard InChI is InChI=1S/C4H2O3/c5-2-1-3(6)4(2)7/h1,5H/i1D. The fraction of sp³-hybridized carbons (Fsp3) is 0. The fourth-order valence-electron chi connectivity index (χ4n) is 0.266. The molecule has 1 aromatic carbocycles. The first-order chi connectivity index (χ1) is 3.64. The summed E-state index contributed by atoms with van der Waals surface area (Å²) in [4.78, 5) is 20.0. The lowest BCUT2D eigenvalue weighted by Gasteiger charge is -1.83. The maximum atomic E-state index is 10.0. The van der Waals surface area contributed by atoms with Crippen molar-refractivity contribution in [3.05, 3.63) is 26.5 Å². The zero-order valence-corrected chi connectivity index (χ0v) is 3.26. The Morgan fingerprint density at radius 2 is 2.29 bits per heavy atom. The molecular formula is C4H2O3. The van der Waals surface area contributed by atoms with Crippen molar-refractivity contribution in [1.82, 2.24) is 0 Å². The van der Waals surface area contributed by atoms with Crippen molar-refractivity contribution in [2.24, 2.45) is 0 Å². The van der Waals surface area contributed by atoms with E-state index in [0.717, 1.165) is 0 Å². The Balaban J connectivity index is 3.48. The fourth-order valence-corrected chi connectivity index (χ4v) is 0.266. The molecule has 0 aliphatic rings. The molecule has 36 valence electrons. The van der Waals surface area contributed by atoms with Gasteiger partial charge in [-0.1, -0.05) is 0 Å². The highest BCUT2D eigenvalue weighted by Gasteiger charge is 2.04. The van der Waals surface area contributed by atoms with E-state index < -0.39 is 22.6 Å². The summed E-state index contributed by atoms with van der Waals surface area (Å²) in [5.41, 5.74) is -1.85. The third-order valence-corrected chi connectivity index (χ3v) is 0.653. The van der Waals surface area contributed by atoms with Gasteiger partial charge in [0.1, 0.15) is 0 Å². The maximum absolute atomic E-state index is 10.0. The molecule has 1 aromatic rings. The topological polar surface area (TPSA) is 54.4 Å². The van der Waals surface area contributed by atoms with E-state index >= 15 is 0 Å². The third-order valence-electron chi connectivity index (χ3n) is 0.653. The van der Waals surface area contributed by atoms with Crippen LogP contribution in [0.1, 0.15) is 1.37 Å². The van der Waals surface area contributed by atoms with Gasteiger partial charge in [-0.2, -0.15) is 0 Å². The molecule has 3 heteroatoms. The van der Waals surface area contributed by atoms with Crippen LogP contribution in [0.4, 0.5) is 0 Å². The Labute approximate surface area is 39.9 Å². The van der Waals surface area contributed by atoms with Gasteiger partial charge in [0.05, 0.1) is 1.37 Å². The van der Waals surface area contributed by atoms with Gasteiger partial charge >= 0.3 is 0 Å². The van der Waals surface area contributed by atoms with Crippen LogP contribution < -0.4 is 10.9 Å². The largest absolute Gasteiger partial charge is 0.504 e. The van der Waals surface area contributed by atoms with E-state index in [1.54, 1.807) is 0 Å². The van der Waals surface area contributed by atoms with E-state index in [9.17, 15) is 9.59 Å². The lowest BCUT2D eigenvalue weighted by molar-refractivity contribution is 0.463. The lowest BCUT2D eigenvalue weighted by Crippen LogP contribution is -2.27. The third kappa shape index (κ3) is 0.342. The summed E-state index contributed by atoms with van der Waals surface area (Å²) in [5.74, 6) is -0.713. The number of rotatable bonds is 0. The molecule has 0 spiro atoms. The number of hydrogen-bond donors (Lipinski definition) is 1. The molecule has 3 nitrogen and oxygen atoms in total. The van der Waals surface area contributed by atoms with Gasteiger partial charge in [-0.15, -0.1) is 0 Å². The summed E-state index contributed by atoms with van der Waals surface area (Å²) >= 11 is 0. The average Bonchev–Trinajstić information content (AvgIpc) is 1.83. The second-order valence-electron chi connectivity index (χ2n) is 1.13. The van der Waals surface area contributed by atoms with Crippen LogP contribution in [-0.4, -0.2) is 5.11 Å². The Hall–Kier alpha value is -1.12. The van der Waals surface area contributed by atoms with Gasteiger partial charge in [-0.25, -0.2) is 0 Å². The van der Waals surface area contributed by atoms with E-state index in [0.29, 0.717) is 0 Å². The molecule has 0 bridgehead atoms. The van der Waals surface area contributed by atoms with Crippen LogP contribution in [-0.2, 0) is 0 Å². The summed E-state index contributed by atoms with van der Waals surface area (Å²) in [7, 11) is 0. The normalized spacial score (nSPS) is 11.7. The molecule has 0 saturated carbocycles. The van der Waals surface area contributed by atoms with Crippen LogP contribution in [0.3, 0.4) is 0 Å². The highest BCUT2D eigenvalue weighted by atomic mass is 16.3. The Morgan fingerprint density at radius 1 is 1.71 bits per heavy atom. The van der Waals surface area contributed by atoms with E-state index in [2.05, 4.69) is 0 Å². The Morgan fingerprint density at radius 3 is 2.43 bits per heavy atom. The molecule has 0 atom stereocenters. The molecule has 0 heterocycles. The van der Waals surface area contributed by atoms with Gasteiger partial charge in [-0.3, -0.25) is 9.59 Å². The molecule has 0 aromatic heterocycles. The lowest BCUT2D eigenvalue weighted by atomic mass is 10.3. The van der Waals surface area contributed by atoms with Crippen molar-refractivity contribution >= 4 is 0 Å². The van der Waals surface area contributed by atoms with Gasteiger partial charge < -0.3 is 5.11 Å². The monoisotopic (exact) mass is 99.0 g/mol. The summed E-state index contributed by atoms with van der Waals surface area (Å²) in [6.07, 6.45) is 0. The van der Waals surface area contributed by atoms with Crippen molar-refractivity contribution in [3.63, 3.8) is 0 Å². The van der Waals surface area contributed by atoms with Crippen molar-refractivity contribution in [2.45, 2.75) is 0 Å². The molecule has 0 aliphatic carbocycles. The summed E-state index contributed by atoms with van der Waals surface area (Å²) in [6.45, 7) is 0. The van der Waals surface area contributed by atoms with E-state index in [-0.39, 0.29) is 0 Å². The first kappa shape index (κ1) is 2.96. The van der Waals surface area contributed by atoms with E-state index in [1.807, 2.05) is 0 Å². The highest BCUT2D eigenvalue weighted by Crippen LogP contribution is 1.90. The highest BCUT2D eigenvalue weighted by molar-refractivity contribution is 5.24. The maximum Gasteiger partial charge on any atom is 0.267 e. The molecule has 0 unspecified atom stereocenters. The summed E-state index contributed by atoms with van der Waals surface area (Å²) in [5, 5.41) is 8.28. The second-order valence-corrected chi connectivity index (χ2v) is 1.13. The Bertz CT molecular complexity index is 251. The number of aromatic hydroxyl groups is 1. The zero-order valence-electron chi connectivity index (χ0n) is 4.26. The van der Waals surface area contributed by atoms with Crippen LogP contribution in [0.2, 0.25) is 0 Å². The number of hydrogen-bond acceptors (Lipinski definition) is 3.